The standard InChI is InChI=1S/C9H18Br2O/c10-7-9(8-11)5-3-1-2-4-6-12/h9,12H,1-8H2. The lowest BCUT2D eigenvalue weighted by Gasteiger charge is -2.09. The lowest BCUT2D eigenvalue weighted by atomic mass is 10.0. The predicted molar refractivity (Wildman–Crippen MR) is 61.2 cm³/mol. The zero-order chi connectivity index (χ0) is 9.23. The number of hydrogen-bond donors (Lipinski definition) is 1. The smallest absolute Gasteiger partial charge is 0.0431 e. The molecule has 0 aromatic heterocycles. The highest BCUT2D eigenvalue weighted by atomic mass is 79.9. The second kappa shape index (κ2) is 10.0. The molecular formula is C9H18Br2O. The van der Waals surface area contributed by atoms with Crippen LogP contribution in [0.1, 0.15) is 32.1 Å². The Bertz CT molecular complexity index is 84.6. The van der Waals surface area contributed by atoms with E-state index in [-0.39, 0.29) is 0 Å². The van der Waals surface area contributed by atoms with Crippen LogP contribution in [0.3, 0.4) is 0 Å². The average Bonchev–Trinajstić information content (AvgIpc) is 2.11. The van der Waals surface area contributed by atoms with Gasteiger partial charge in [0.1, 0.15) is 0 Å². The molecule has 0 aliphatic carbocycles. The minimum absolute atomic E-state index is 0.348. The van der Waals surface area contributed by atoms with Crippen LogP contribution in [0.5, 0.6) is 0 Å². The predicted octanol–water partition coefficient (Wildman–Crippen LogP) is 3.34. The molecule has 0 fully saturated rings. The number of hydrogen-bond acceptors (Lipinski definition) is 1. The van der Waals surface area contributed by atoms with E-state index in [1.807, 2.05) is 0 Å². The van der Waals surface area contributed by atoms with Gasteiger partial charge in [-0.3, -0.25) is 0 Å². The molecule has 0 atom stereocenters. The van der Waals surface area contributed by atoms with Gasteiger partial charge in [-0.25, -0.2) is 0 Å². The molecule has 0 heterocycles. The lowest BCUT2D eigenvalue weighted by molar-refractivity contribution is 0.282. The first-order valence-electron chi connectivity index (χ1n) is 4.58. The fourth-order valence-electron chi connectivity index (χ4n) is 1.09. The van der Waals surface area contributed by atoms with Crippen molar-refractivity contribution < 1.29 is 5.11 Å². The third-order valence-electron chi connectivity index (χ3n) is 1.96. The fraction of sp³-hybridized carbons (Fsp3) is 1.00. The van der Waals surface area contributed by atoms with E-state index >= 15 is 0 Å². The van der Waals surface area contributed by atoms with Crippen molar-refractivity contribution in [2.75, 3.05) is 17.3 Å². The quantitative estimate of drug-likeness (QED) is 0.538. The molecule has 0 radical (unpaired) electrons. The van der Waals surface area contributed by atoms with Crippen molar-refractivity contribution >= 4 is 31.9 Å². The summed E-state index contributed by atoms with van der Waals surface area (Å²) in [7, 11) is 0. The van der Waals surface area contributed by atoms with E-state index in [0.717, 1.165) is 23.0 Å². The van der Waals surface area contributed by atoms with Crippen LogP contribution in [0.25, 0.3) is 0 Å². The Hall–Kier alpha value is 0.920. The molecule has 0 spiro atoms. The molecule has 0 saturated heterocycles. The van der Waals surface area contributed by atoms with Gasteiger partial charge in [-0.1, -0.05) is 51.1 Å². The molecule has 0 aromatic rings. The molecule has 0 aliphatic heterocycles. The molecular weight excluding hydrogens is 284 g/mol. The normalized spacial score (nSPS) is 11.0. The van der Waals surface area contributed by atoms with Gasteiger partial charge in [0, 0.05) is 17.3 Å². The van der Waals surface area contributed by atoms with Gasteiger partial charge in [-0.15, -0.1) is 0 Å². The zero-order valence-corrected chi connectivity index (χ0v) is 10.6. The van der Waals surface area contributed by atoms with Gasteiger partial charge in [0.25, 0.3) is 0 Å². The maximum Gasteiger partial charge on any atom is 0.0431 e. The molecule has 0 aromatic carbocycles. The molecule has 74 valence electrons. The number of alkyl halides is 2. The van der Waals surface area contributed by atoms with E-state index in [1.54, 1.807) is 0 Å². The van der Waals surface area contributed by atoms with Crippen molar-refractivity contribution in [2.24, 2.45) is 5.92 Å². The number of rotatable bonds is 8. The largest absolute Gasteiger partial charge is 0.396 e. The highest BCUT2D eigenvalue weighted by Crippen LogP contribution is 2.15. The topological polar surface area (TPSA) is 20.2 Å². The SMILES string of the molecule is OCCCCCCC(CBr)CBr. The number of aliphatic hydroxyl groups is 1. The molecule has 0 unspecified atom stereocenters. The van der Waals surface area contributed by atoms with Gasteiger partial charge in [-0.2, -0.15) is 0 Å². The molecule has 0 amide bonds. The minimum Gasteiger partial charge on any atom is -0.396 e. The van der Waals surface area contributed by atoms with E-state index < -0.39 is 0 Å². The summed E-state index contributed by atoms with van der Waals surface area (Å²) in [5.74, 6) is 0.777. The van der Waals surface area contributed by atoms with Crippen LogP contribution in [0.4, 0.5) is 0 Å². The Labute approximate surface area is 92.2 Å². The van der Waals surface area contributed by atoms with E-state index in [1.165, 1.54) is 25.7 Å². The number of aliphatic hydroxyl groups excluding tert-OH is 1. The maximum absolute atomic E-state index is 8.55. The summed E-state index contributed by atoms with van der Waals surface area (Å²) in [4.78, 5) is 0. The van der Waals surface area contributed by atoms with Crippen molar-refractivity contribution in [3.05, 3.63) is 0 Å². The second-order valence-corrected chi connectivity index (χ2v) is 4.40. The molecule has 0 bridgehead atoms. The number of halogens is 2. The van der Waals surface area contributed by atoms with Gasteiger partial charge in [0.2, 0.25) is 0 Å². The van der Waals surface area contributed by atoms with Crippen LogP contribution >= 0.6 is 31.9 Å². The number of unbranched alkanes of at least 4 members (excludes halogenated alkanes) is 3. The van der Waals surface area contributed by atoms with Gasteiger partial charge in [0.15, 0.2) is 0 Å². The summed E-state index contributed by atoms with van der Waals surface area (Å²) in [6.07, 6.45) is 5.99. The first-order valence-corrected chi connectivity index (χ1v) is 6.82. The van der Waals surface area contributed by atoms with Crippen LogP contribution in [0, 0.1) is 5.92 Å². The van der Waals surface area contributed by atoms with Crippen LogP contribution in [-0.4, -0.2) is 22.4 Å². The summed E-state index contributed by atoms with van der Waals surface area (Å²) >= 11 is 6.98. The molecule has 12 heavy (non-hydrogen) atoms. The first-order chi connectivity index (χ1) is 5.85. The molecule has 1 nitrogen and oxygen atoms in total. The Kier molecular flexibility index (Phi) is 10.8. The molecule has 1 N–H and O–H groups in total. The zero-order valence-electron chi connectivity index (χ0n) is 7.44. The fourth-order valence-corrected chi connectivity index (χ4v) is 2.81. The monoisotopic (exact) mass is 300 g/mol. The van der Waals surface area contributed by atoms with Crippen molar-refractivity contribution in [3.63, 3.8) is 0 Å². The van der Waals surface area contributed by atoms with Crippen molar-refractivity contribution in [1.82, 2.24) is 0 Å². The molecule has 0 saturated carbocycles. The summed E-state index contributed by atoms with van der Waals surface area (Å²) in [6.45, 7) is 0.348. The first kappa shape index (κ1) is 12.9. The van der Waals surface area contributed by atoms with E-state index in [4.69, 9.17) is 5.11 Å². The van der Waals surface area contributed by atoms with E-state index in [2.05, 4.69) is 31.9 Å². The van der Waals surface area contributed by atoms with Gasteiger partial charge in [0.05, 0.1) is 0 Å². The molecule has 0 rings (SSSR count). The summed E-state index contributed by atoms with van der Waals surface area (Å²) in [5.41, 5.74) is 0. The lowest BCUT2D eigenvalue weighted by Crippen LogP contribution is -2.02. The summed E-state index contributed by atoms with van der Waals surface area (Å²) in [6, 6.07) is 0. The van der Waals surface area contributed by atoms with Crippen LogP contribution in [-0.2, 0) is 0 Å². The Balaban J connectivity index is 3.06. The van der Waals surface area contributed by atoms with E-state index in [9.17, 15) is 0 Å². The van der Waals surface area contributed by atoms with Gasteiger partial charge < -0.3 is 5.11 Å². The summed E-state index contributed by atoms with van der Waals surface area (Å²) < 4.78 is 0. The van der Waals surface area contributed by atoms with Gasteiger partial charge >= 0.3 is 0 Å². The highest BCUT2D eigenvalue weighted by Gasteiger charge is 2.03. The van der Waals surface area contributed by atoms with Crippen molar-refractivity contribution in [1.29, 1.82) is 0 Å². The van der Waals surface area contributed by atoms with Crippen LogP contribution < -0.4 is 0 Å². The highest BCUT2D eigenvalue weighted by molar-refractivity contribution is 9.09. The second-order valence-electron chi connectivity index (χ2n) is 3.10. The maximum atomic E-state index is 8.55. The third-order valence-corrected chi connectivity index (χ3v) is 3.79. The third kappa shape index (κ3) is 7.56. The van der Waals surface area contributed by atoms with Crippen LogP contribution in [0.15, 0.2) is 0 Å². The minimum atomic E-state index is 0.348. The van der Waals surface area contributed by atoms with Crippen molar-refractivity contribution in [2.45, 2.75) is 32.1 Å². The van der Waals surface area contributed by atoms with Crippen molar-refractivity contribution in [3.8, 4) is 0 Å². The Morgan fingerprint density at radius 3 is 2.00 bits per heavy atom. The van der Waals surface area contributed by atoms with Crippen LogP contribution in [0.2, 0.25) is 0 Å². The molecule has 3 heteroatoms. The summed E-state index contributed by atoms with van der Waals surface area (Å²) in [5, 5.41) is 10.7. The van der Waals surface area contributed by atoms with Gasteiger partial charge in [-0.05, 0) is 18.8 Å². The molecule has 0 aliphatic rings. The van der Waals surface area contributed by atoms with E-state index in [0.29, 0.717) is 6.61 Å². The average molecular weight is 302 g/mol. The Morgan fingerprint density at radius 2 is 1.50 bits per heavy atom. The Morgan fingerprint density at radius 1 is 0.917 bits per heavy atom.